The van der Waals surface area contributed by atoms with Crippen LogP contribution in [0, 0.1) is 5.92 Å². The number of hydrazine groups is 1. The van der Waals surface area contributed by atoms with E-state index in [4.69, 9.17) is 0 Å². The normalized spacial score (nSPS) is 14.8. The van der Waals surface area contributed by atoms with Crippen molar-refractivity contribution in [2.75, 3.05) is 0 Å². The van der Waals surface area contributed by atoms with Crippen LogP contribution < -0.4 is 10.9 Å². The summed E-state index contributed by atoms with van der Waals surface area (Å²) in [5, 5.41) is 1.06. The predicted molar refractivity (Wildman–Crippen MR) is 97.1 cm³/mol. The lowest BCUT2D eigenvalue weighted by Gasteiger charge is -2.24. The summed E-state index contributed by atoms with van der Waals surface area (Å²) in [6.07, 6.45) is 3.91. The van der Waals surface area contributed by atoms with Gasteiger partial charge in [0, 0.05) is 24.0 Å². The number of hydrogen-bond donors (Lipinski definition) is 3. The van der Waals surface area contributed by atoms with Gasteiger partial charge in [-0.05, 0) is 24.0 Å². The van der Waals surface area contributed by atoms with E-state index in [9.17, 15) is 14.4 Å². The molecule has 3 atom stereocenters. The first-order valence-electron chi connectivity index (χ1n) is 8.54. The van der Waals surface area contributed by atoms with Crippen molar-refractivity contribution in [3.8, 4) is 0 Å². The molecule has 1 unspecified atom stereocenters. The highest BCUT2D eigenvalue weighted by Gasteiger charge is 2.27. The second kappa shape index (κ2) is 8.69. The lowest BCUT2D eigenvalue weighted by molar-refractivity contribution is -0.137. The van der Waals surface area contributed by atoms with Gasteiger partial charge in [-0.1, -0.05) is 38.5 Å². The Bertz CT molecular complexity index is 753. The number of carbonyl (C=O) groups is 3. The molecule has 0 saturated carbocycles. The first-order valence-corrected chi connectivity index (χ1v) is 8.54. The van der Waals surface area contributed by atoms with Crippen LogP contribution in [0.2, 0.25) is 0 Å². The number of aromatic nitrogens is 1. The van der Waals surface area contributed by atoms with Gasteiger partial charge in [-0.2, -0.15) is 0 Å². The number of hydrogen-bond acceptors (Lipinski definition) is 5. The number of fused-ring (bicyclic) bond motifs is 1. The Balaban J connectivity index is 2.06. The van der Waals surface area contributed by atoms with Gasteiger partial charge in [-0.3, -0.25) is 9.59 Å². The summed E-state index contributed by atoms with van der Waals surface area (Å²) < 4.78 is 0. The van der Waals surface area contributed by atoms with Crippen molar-refractivity contribution in [3.05, 3.63) is 36.0 Å². The van der Waals surface area contributed by atoms with Gasteiger partial charge in [0.1, 0.15) is 6.29 Å². The third-order valence-corrected chi connectivity index (χ3v) is 4.55. The van der Waals surface area contributed by atoms with Crippen molar-refractivity contribution in [1.29, 1.82) is 0 Å². The molecule has 25 heavy (non-hydrogen) atoms. The van der Waals surface area contributed by atoms with Crippen molar-refractivity contribution in [2.24, 2.45) is 5.92 Å². The van der Waals surface area contributed by atoms with Crippen LogP contribution in [0.25, 0.3) is 10.9 Å². The fourth-order valence-corrected chi connectivity index (χ4v) is 2.79. The molecule has 3 N–H and O–H groups in total. The number of H-pyrrole nitrogens is 1. The molecular weight excluding hydrogens is 318 g/mol. The van der Waals surface area contributed by atoms with Crippen molar-refractivity contribution in [2.45, 2.75) is 45.7 Å². The number of aldehydes is 1. The van der Waals surface area contributed by atoms with Crippen LogP contribution >= 0.6 is 0 Å². The Labute approximate surface area is 147 Å². The van der Waals surface area contributed by atoms with Crippen LogP contribution in [0.5, 0.6) is 0 Å². The standard InChI is InChI=1S/C19H25N3O3/c1-4-12(2)18(19(25)13(3)24)22-21-15(11-23)9-14-10-20-17-8-6-5-7-16(14)17/h5-8,10-12,15,18,20-22H,4,9H2,1-3H3/t12-,15-,18?/m0/s1. The van der Waals surface area contributed by atoms with Gasteiger partial charge in [-0.25, -0.2) is 10.9 Å². The molecule has 0 aliphatic heterocycles. The minimum absolute atomic E-state index is 0.0238. The SMILES string of the molecule is CC[C@H](C)C(NN[C@H](C=O)Cc1c[nH]c2ccccc12)C(=O)C(C)=O. The number of Topliss-reactive ketones (excluding diaryl/α,β-unsaturated/α-hetero) is 2. The number of carbonyl (C=O) groups excluding carboxylic acids is 3. The van der Waals surface area contributed by atoms with Crippen LogP contribution in [-0.4, -0.2) is 34.9 Å². The highest BCUT2D eigenvalue weighted by Crippen LogP contribution is 2.18. The second-order valence-electron chi connectivity index (χ2n) is 6.38. The molecule has 0 fully saturated rings. The van der Waals surface area contributed by atoms with Gasteiger partial charge in [-0.15, -0.1) is 0 Å². The van der Waals surface area contributed by atoms with Gasteiger partial charge < -0.3 is 9.78 Å². The summed E-state index contributed by atoms with van der Waals surface area (Å²) in [6.45, 7) is 5.12. The Morgan fingerprint density at radius 1 is 1.24 bits per heavy atom. The van der Waals surface area contributed by atoms with Crippen molar-refractivity contribution >= 4 is 28.8 Å². The van der Waals surface area contributed by atoms with Gasteiger partial charge in [0.25, 0.3) is 0 Å². The molecular formula is C19H25N3O3. The predicted octanol–water partition coefficient (Wildman–Crippen LogP) is 1.94. The summed E-state index contributed by atoms with van der Waals surface area (Å²) in [6, 6.07) is 6.72. The van der Waals surface area contributed by atoms with Crippen LogP contribution in [-0.2, 0) is 20.8 Å². The van der Waals surface area contributed by atoms with E-state index in [1.807, 2.05) is 44.3 Å². The molecule has 0 aliphatic rings. The Hall–Kier alpha value is -2.31. The van der Waals surface area contributed by atoms with E-state index < -0.39 is 23.7 Å². The first-order chi connectivity index (χ1) is 12.0. The van der Waals surface area contributed by atoms with Gasteiger partial charge in [0.2, 0.25) is 5.78 Å². The zero-order valence-electron chi connectivity index (χ0n) is 14.8. The number of para-hydroxylation sites is 1. The summed E-state index contributed by atoms with van der Waals surface area (Å²) in [5.41, 5.74) is 7.85. The van der Waals surface area contributed by atoms with E-state index in [2.05, 4.69) is 15.8 Å². The quantitative estimate of drug-likeness (QED) is 0.348. The molecule has 0 aliphatic carbocycles. The third kappa shape index (κ3) is 4.61. The number of nitrogens with one attached hydrogen (secondary N) is 3. The summed E-state index contributed by atoms with van der Waals surface area (Å²) in [7, 11) is 0. The average molecular weight is 343 g/mol. The van der Waals surface area contributed by atoms with Gasteiger partial charge >= 0.3 is 0 Å². The van der Waals surface area contributed by atoms with Gasteiger partial charge in [0.15, 0.2) is 5.78 Å². The number of rotatable bonds is 10. The Morgan fingerprint density at radius 2 is 1.96 bits per heavy atom. The van der Waals surface area contributed by atoms with E-state index in [0.29, 0.717) is 6.42 Å². The van der Waals surface area contributed by atoms with Crippen molar-refractivity contribution < 1.29 is 14.4 Å². The molecule has 1 aromatic carbocycles. The molecule has 0 bridgehead atoms. The largest absolute Gasteiger partial charge is 0.361 e. The fourth-order valence-electron chi connectivity index (χ4n) is 2.79. The average Bonchev–Trinajstić information content (AvgIpc) is 3.03. The molecule has 2 aromatic rings. The maximum absolute atomic E-state index is 12.1. The van der Waals surface area contributed by atoms with Gasteiger partial charge in [0.05, 0.1) is 12.1 Å². The van der Waals surface area contributed by atoms with E-state index >= 15 is 0 Å². The van der Waals surface area contributed by atoms with Crippen LogP contribution in [0.15, 0.2) is 30.5 Å². The van der Waals surface area contributed by atoms with E-state index in [0.717, 1.165) is 29.2 Å². The molecule has 1 heterocycles. The van der Waals surface area contributed by atoms with Crippen molar-refractivity contribution in [1.82, 2.24) is 15.8 Å². The molecule has 6 nitrogen and oxygen atoms in total. The summed E-state index contributed by atoms with van der Waals surface area (Å²) in [4.78, 5) is 38.2. The van der Waals surface area contributed by atoms with E-state index in [1.165, 1.54) is 6.92 Å². The number of ketones is 2. The zero-order valence-corrected chi connectivity index (χ0v) is 14.8. The van der Waals surface area contributed by atoms with Crippen LogP contribution in [0.1, 0.15) is 32.8 Å². The highest BCUT2D eigenvalue weighted by atomic mass is 16.2. The van der Waals surface area contributed by atoms with E-state index in [-0.39, 0.29) is 5.92 Å². The smallest absolute Gasteiger partial charge is 0.216 e. The highest BCUT2D eigenvalue weighted by molar-refractivity contribution is 6.38. The molecule has 2 rings (SSSR count). The molecule has 0 saturated heterocycles. The zero-order chi connectivity index (χ0) is 18.4. The number of aromatic amines is 1. The second-order valence-corrected chi connectivity index (χ2v) is 6.38. The number of benzene rings is 1. The monoisotopic (exact) mass is 343 g/mol. The van der Waals surface area contributed by atoms with Crippen LogP contribution in [0.3, 0.4) is 0 Å². The Kier molecular flexibility index (Phi) is 6.61. The maximum Gasteiger partial charge on any atom is 0.216 e. The summed E-state index contributed by atoms with van der Waals surface area (Å²) in [5.74, 6) is -0.984. The lowest BCUT2D eigenvalue weighted by Crippen LogP contribution is -2.54. The molecule has 1 aromatic heterocycles. The van der Waals surface area contributed by atoms with Crippen LogP contribution in [0.4, 0.5) is 0 Å². The molecule has 6 heteroatoms. The maximum atomic E-state index is 12.1. The minimum Gasteiger partial charge on any atom is -0.361 e. The molecule has 134 valence electrons. The summed E-state index contributed by atoms with van der Waals surface area (Å²) >= 11 is 0. The third-order valence-electron chi connectivity index (χ3n) is 4.55. The minimum atomic E-state index is -0.645. The fraction of sp³-hybridized carbons (Fsp3) is 0.421. The molecule has 0 amide bonds. The Morgan fingerprint density at radius 3 is 2.60 bits per heavy atom. The molecule has 0 spiro atoms. The van der Waals surface area contributed by atoms with Crippen molar-refractivity contribution in [3.63, 3.8) is 0 Å². The first kappa shape index (κ1) is 19.0. The molecule has 0 radical (unpaired) electrons. The lowest BCUT2D eigenvalue weighted by atomic mass is 9.94. The topological polar surface area (TPSA) is 91.1 Å². The van der Waals surface area contributed by atoms with E-state index in [1.54, 1.807) is 0 Å².